The summed E-state index contributed by atoms with van der Waals surface area (Å²) in [5, 5.41) is 2.71. The number of likely N-dealkylation sites (N-methyl/N-ethyl adjacent to an activating group) is 1. The van der Waals surface area contributed by atoms with Gasteiger partial charge in [-0.3, -0.25) is 13.9 Å². The lowest BCUT2D eigenvalue weighted by molar-refractivity contribution is -0.140. The van der Waals surface area contributed by atoms with E-state index in [2.05, 4.69) is 5.32 Å². The molecule has 0 bridgehead atoms. The summed E-state index contributed by atoms with van der Waals surface area (Å²) in [7, 11) is -1.08. The summed E-state index contributed by atoms with van der Waals surface area (Å²) >= 11 is 0. The van der Waals surface area contributed by atoms with Crippen molar-refractivity contribution in [3.63, 3.8) is 0 Å². The first kappa shape index (κ1) is 27.9. The fraction of sp³-hybridized carbons (Fsp3) is 0.417. The van der Waals surface area contributed by atoms with Crippen LogP contribution in [-0.4, -0.2) is 64.7 Å². The zero-order chi connectivity index (χ0) is 26.2. The van der Waals surface area contributed by atoms with Crippen molar-refractivity contribution in [2.45, 2.75) is 32.9 Å². The van der Waals surface area contributed by atoms with Crippen molar-refractivity contribution in [3.05, 3.63) is 53.8 Å². The minimum absolute atomic E-state index is 0.00783. The molecule has 0 aliphatic heterocycles. The molecule has 0 aliphatic carbocycles. The Morgan fingerprint density at radius 3 is 2.23 bits per heavy atom. The zero-order valence-electron chi connectivity index (χ0n) is 20.6. The quantitative estimate of drug-likeness (QED) is 0.472. The summed E-state index contributed by atoms with van der Waals surface area (Å²) in [6.07, 6.45) is 1.28. The molecule has 2 amide bonds. The number of halogens is 1. The monoisotopic (exact) mass is 509 g/mol. The van der Waals surface area contributed by atoms with Crippen molar-refractivity contribution in [2.24, 2.45) is 0 Å². The van der Waals surface area contributed by atoms with Gasteiger partial charge in [0.2, 0.25) is 21.8 Å². The fourth-order valence-electron chi connectivity index (χ4n) is 3.58. The van der Waals surface area contributed by atoms with Crippen LogP contribution in [-0.2, 0) is 26.2 Å². The number of anilines is 1. The second kappa shape index (κ2) is 12.4. The SMILES string of the molecule is CCNC(=O)C(CC)N(Cc1ccc(F)cc1)C(=O)CN(c1ccc(OC)cc1OC)S(C)(=O)=O. The first-order chi connectivity index (χ1) is 16.5. The molecular formula is C24H32FN3O6S. The van der Waals surface area contributed by atoms with Crippen LogP contribution in [0.2, 0.25) is 0 Å². The van der Waals surface area contributed by atoms with Crippen LogP contribution in [0.25, 0.3) is 0 Å². The molecule has 1 unspecified atom stereocenters. The first-order valence-electron chi connectivity index (χ1n) is 11.1. The largest absolute Gasteiger partial charge is 0.497 e. The molecule has 0 saturated heterocycles. The number of nitrogens with one attached hydrogen (secondary N) is 1. The molecule has 1 N–H and O–H groups in total. The van der Waals surface area contributed by atoms with Gasteiger partial charge in [-0.1, -0.05) is 19.1 Å². The van der Waals surface area contributed by atoms with Gasteiger partial charge in [0.05, 0.1) is 26.2 Å². The third kappa shape index (κ3) is 7.32. The molecule has 192 valence electrons. The van der Waals surface area contributed by atoms with Crippen LogP contribution in [0.5, 0.6) is 11.5 Å². The number of hydrogen-bond acceptors (Lipinski definition) is 6. The summed E-state index contributed by atoms with van der Waals surface area (Å²) < 4.78 is 50.3. The average molecular weight is 510 g/mol. The van der Waals surface area contributed by atoms with Gasteiger partial charge in [-0.2, -0.15) is 0 Å². The standard InChI is InChI=1S/C24H32FN3O6S/c1-6-20(24(30)26-7-2)27(15-17-8-10-18(25)11-9-17)23(29)16-28(35(5,31)32)21-13-12-19(33-3)14-22(21)34-4/h8-14,20H,6-7,15-16H2,1-5H3,(H,26,30). The Kier molecular flexibility index (Phi) is 9.88. The van der Waals surface area contributed by atoms with Crippen LogP contribution in [0.3, 0.4) is 0 Å². The van der Waals surface area contributed by atoms with E-state index < -0.39 is 34.3 Å². The van der Waals surface area contributed by atoms with E-state index >= 15 is 0 Å². The van der Waals surface area contributed by atoms with Crippen LogP contribution in [0.1, 0.15) is 25.8 Å². The molecule has 35 heavy (non-hydrogen) atoms. The average Bonchev–Trinajstić information content (AvgIpc) is 2.82. The lowest BCUT2D eigenvalue weighted by atomic mass is 10.1. The van der Waals surface area contributed by atoms with Crippen LogP contribution >= 0.6 is 0 Å². The van der Waals surface area contributed by atoms with E-state index in [1.54, 1.807) is 19.9 Å². The number of hydrogen-bond donors (Lipinski definition) is 1. The van der Waals surface area contributed by atoms with Crippen molar-refractivity contribution >= 4 is 27.5 Å². The van der Waals surface area contributed by atoms with Gasteiger partial charge in [-0.25, -0.2) is 12.8 Å². The smallest absolute Gasteiger partial charge is 0.244 e. The number of sulfonamides is 1. The Bertz CT molecular complexity index is 1120. The summed E-state index contributed by atoms with van der Waals surface area (Å²) in [4.78, 5) is 27.6. The number of carbonyl (C=O) groups is 2. The van der Waals surface area contributed by atoms with E-state index in [1.807, 2.05) is 0 Å². The van der Waals surface area contributed by atoms with Crippen LogP contribution in [0, 0.1) is 5.82 Å². The van der Waals surface area contributed by atoms with Gasteiger partial charge in [0.25, 0.3) is 0 Å². The molecule has 2 rings (SSSR count). The van der Waals surface area contributed by atoms with Crippen molar-refractivity contribution in [3.8, 4) is 11.5 Å². The van der Waals surface area contributed by atoms with E-state index in [1.165, 1.54) is 55.5 Å². The minimum Gasteiger partial charge on any atom is -0.497 e. The number of rotatable bonds is 12. The molecule has 2 aromatic rings. The normalized spacial score (nSPS) is 11.9. The van der Waals surface area contributed by atoms with Crippen molar-refractivity contribution in [1.82, 2.24) is 10.2 Å². The Morgan fingerprint density at radius 1 is 1.06 bits per heavy atom. The molecule has 1 atom stereocenters. The fourth-order valence-corrected chi connectivity index (χ4v) is 4.44. The minimum atomic E-state index is -3.93. The van der Waals surface area contributed by atoms with Gasteiger partial charge >= 0.3 is 0 Å². The van der Waals surface area contributed by atoms with Crippen molar-refractivity contribution < 1.29 is 31.9 Å². The second-order valence-electron chi connectivity index (χ2n) is 7.77. The van der Waals surface area contributed by atoms with E-state index in [-0.39, 0.29) is 23.9 Å². The maximum Gasteiger partial charge on any atom is 0.244 e. The van der Waals surface area contributed by atoms with Gasteiger partial charge in [0.1, 0.15) is 29.9 Å². The highest BCUT2D eigenvalue weighted by atomic mass is 32.2. The predicted molar refractivity (Wildman–Crippen MR) is 131 cm³/mol. The molecule has 0 spiro atoms. The topological polar surface area (TPSA) is 105 Å². The molecule has 2 aromatic carbocycles. The predicted octanol–water partition coefficient (Wildman–Crippen LogP) is 2.55. The molecule has 9 nitrogen and oxygen atoms in total. The highest BCUT2D eigenvalue weighted by Crippen LogP contribution is 2.33. The summed E-state index contributed by atoms with van der Waals surface area (Å²) in [5.41, 5.74) is 0.743. The van der Waals surface area contributed by atoms with Crippen molar-refractivity contribution in [1.29, 1.82) is 0 Å². The number of ether oxygens (including phenoxy) is 2. The van der Waals surface area contributed by atoms with E-state index in [0.717, 1.165) is 10.6 Å². The molecule has 0 aromatic heterocycles. The van der Waals surface area contributed by atoms with Gasteiger partial charge in [-0.15, -0.1) is 0 Å². The highest BCUT2D eigenvalue weighted by molar-refractivity contribution is 7.92. The summed E-state index contributed by atoms with van der Waals surface area (Å²) in [5.74, 6) is -0.750. The van der Waals surface area contributed by atoms with Crippen LogP contribution in [0.15, 0.2) is 42.5 Å². The lowest BCUT2D eigenvalue weighted by Crippen LogP contribution is -2.52. The Labute approximate surface area is 205 Å². The Hall–Kier alpha value is -3.34. The van der Waals surface area contributed by atoms with Gasteiger partial charge in [0, 0.05) is 19.2 Å². The Balaban J connectivity index is 2.49. The third-order valence-corrected chi connectivity index (χ3v) is 6.46. The number of carbonyl (C=O) groups excluding carboxylic acids is 2. The molecule has 0 heterocycles. The van der Waals surface area contributed by atoms with Gasteiger partial charge in [0.15, 0.2) is 0 Å². The number of nitrogens with zero attached hydrogens (tertiary/aromatic N) is 2. The van der Waals surface area contributed by atoms with Crippen LogP contribution in [0.4, 0.5) is 10.1 Å². The Morgan fingerprint density at radius 2 is 1.71 bits per heavy atom. The summed E-state index contributed by atoms with van der Waals surface area (Å²) in [6, 6.07) is 9.25. The molecular weight excluding hydrogens is 477 g/mol. The third-order valence-electron chi connectivity index (χ3n) is 5.34. The first-order valence-corrected chi connectivity index (χ1v) is 12.9. The lowest BCUT2D eigenvalue weighted by Gasteiger charge is -2.33. The molecule has 0 fully saturated rings. The molecule has 0 radical (unpaired) electrons. The van der Waals surface area contributed by atoms with E-state index in [0.29, 0.717) is 24.3 Å². The maximum atomic E-state index is 13.6. The molecule has 11 heteroatoms. The maximum absolute atomic E-state index is 13.6. The van der Waals surface area contributed by atoms with Crippen LogP contribution < -0.4 is 19.1 Å². The number of amides is 2. The number of methoxy groups -OCH3 is 2. The van der Waals surface area contributed by atoms with Gasteiger partial charge in [-0.05, 0) is 43.2 Å². The molecule has 0 aliphatic rings. The summed E-state index contributed by atoms with van der Waals surface area (Å²) in [6.45, 7) is 3.31. The second-order valence-corrected chi connectivity index (χ2v) is 9.68. The van der Waals surface area contributed by atoms with E-state index in [4.69, 9.17) is 9.47 Å². The zero-order valence-corrected chi connectivity index (χ0v) is 21.4. The number of benzene rings is 2. The van der Waals surface area contributed by atoms with Crippen molar-refractivity contribution in [2.75, 3.05) is 37.9 Å². The van der Waals surface area contributed by atoms with Gasteiger partial charge < -0.3 is 19.7 Å². The van der Waals surface area contributed by atoms with E-state index in [9.17, 15) is 22.4 Å². The molecule has 0 saturated carbocycles. The highest BCUT2D eigenvalue weighted by Gasteiger charge is 2.32.